The molecule has 2 N–H and O–H groups in total. The van der Waals surface area contributed by atoms with Crippen molar-refractivity contribution in [2.24, 2.45) is 5.92 Å². The predicted octanol–water partition coefficient (Wildman–Crippen LogP) is 1.55. The largest absolute Gasteiger partial charge is 0.394 e. The minimum atomic E-state index is -0.0489. The Morgan fingerprint density at radius 3 is 2.80 bits per heavy atom. The molecule has 15 heavy (non-hydrogen) atoms. The first-order valence-electron chi connectivity index (χ1n) is 6.02. The van der Waals surface area contributed by atoms with Gasteiger partial charge in [-0.15, -0.1) is 0 Å². The number of aliphatic hydroxyl groups is 1. The van der Waals surface area contributed by atoms with E-state index in [1.165, 1.54) is 12.8 Å². The third-order valence-corrected chi connectivity index (χ3v) is 3.49. The van der Waals surface area contributed by atoms with Crippen LogP contribution in [0.25, 0.3) is 0 Å². The van der Waals surface area contributed by atoms with E-state index in [4.69, 9.17) is 4.74 Å². The van der Waals surface area contributed by atoms with Crippen LogP contribution in [0.2, 0.25) is 0 Å². The van der Waals surface area contributed by atoms with Crippen molar-refractivity contribution in [3.05, 3.63) is 0 Å². The standard InChI is InChI=1S/C12H25NO2/c1-10(2)13-12(9-14)7-4-5-11(12)6-8-15-3/h10-11,13-14H,4-9H2,1-3H3. The van der Waals surface area contributed by atoms with E-state index in [0.717, 1.165) is 19.4 Å². The summed E-state index contributed by atoms with van der Waals surface area (Å²) < 4.78 is 5.14. The van der Waals surface area contributed by atoms with Crippen molar-refractivity contribution in [1.29, 1.82) is 0 Å². The number of methoxy groups -OCH3 is 1. The van der Waals surface area contributed by atoms with Crippen LogP contribution in [0.5, 0.6) is 0 Å². The highest BCUT2D eigenvalue weighted by Crippen LogP contribution is 2.38. The van der Waals surface area contributed by atoms with Crippen LogP contribution in [0.15, 0.2) is 0 Å². The summed E-state index contributed by atoms with van der Waals surface area (Å²) in [4.78, 5) is 0. The predicted molar refractivity (Wildman–Crippen MR) is 61.9 cm³/mol. The lowest BCUT2D eigenvalue weighted by atomic mass is 9.85. The Labute approximate surface area is 93.2 Å². The Kier molecular flexibility index (Phi) is 5.03. The molecule has 1 aliphatic carbocycles. The monoisotopic (exact) mass is 215 g/mol. The highest BCUT2D eigenvalue weighted by molar-refractivity contribution is 4.99. The molecule has 0 saturated heterocycles. The van der Waals surface area contributed by atoms with Gasteiger partial charge in [-0.05, 0) is 25.2 Å². The second kappa shape index (κ2) is 5.83. The second-order valence-electron chi connectivity index (χ2n) is 4.98. The molecule has 1 aliphatic rings. The third-order valence-electron chi connectivity index (χ3n) is 3.49. The minimum absolute atomic E-state index is 0.0489. The molecule has 3 nitrogen and oxygen atoms in total. The van der Waals surface area contributed by atoms with Crippen LogP contribution in [0.3, 0.4) is 0 Å². The van der Waals surface area contributed by atoms with Crippen molar-refractivity contribution in [2.75, 3.05) is 20.3 Å². The summed E-state index contributed by atoms with van der Waals surface area (Å²) in [5.74, 6) is 0.560. The fraction of sp³-hybridized carbons (Fsp3) is 1.00. The lowest BCUT2D eigenvalue weighted by Crippen LogP contribution is -2.54. The van der Waals surface area contributed by atoms with Gasteiger partial charge in [-0.3, -0.25) is 0 Å². The van der Waals surface area contributed by atoms with Gasteiger partial charge in [0.05, 0.1) is 6.61 Å². The molecule has 2 atom stereocenters. The van der Waals surface area contributed by atoms with Crippen LogP contribution in [0, 0.1) is 5.92 Å². The summed E-state index contributed by atoms with van der Waals surface area (Å²) in [6.07, 6.45) is 4.57. The molecule has 2 unspecified atom stereocenters. The van der Waals surface area contributed by atoms with Crippen molar-refractivity contribution in [3.63, 3.8) is 0 Å². The summed E-state index contributed by atoms with van der Waals surface area (Å²) in [5.41, 5.74) is -0.0489. The number of hydrogen-bond donors (Lipinski definition) is 2. The van der Waals surface area contributed by atoms with Crippen LogP contribution in [0.1, 0.15) is 39.5 Å². The van der Waals surface area contributed by atoms with Crippen molar-refractivity contribution in [2.45, 2.75) is 51.1 Å². The molecule has 0 spiro atoms. The molecular weight excluding hydrogens is 190 g/mol. The quantitative estimate of drug-likeness (QED) is 0.706. The third kappa shape index (κ3) is 3.16. The van der Waals surface area contributed by atoms with E-state index < -0.39 is 0 Å². The SMILES string of the molecule is COCCC1CCCC1(CO)NC(C)C. The number of hydrogen-bond acceptors (Lipinski definition) is 3. The molecule has 0 aromatic heterocycles. The van der Waals surface area contributed by atoms with E-state index in [1.807, 2.05) is 0 Å². The molecule has 0 radical (unpaired) electrons. The minimum Gasteiger partial charge on any atom is -0.394 e. The van der Waals surface area contributed by atoms with Gasteiger partial charge in [0.1, 0.15) is 0 Å². The van der Waals surface area contributed by atoms with Crippen LogP contribution < -0.4 is 5.32 Å². The second-order valence-corrected chi connectivity index (χ2v) is 4.98. The zero-order valence-corrected chi connectivity index (χ0v) is 10.3. The summed E-state index contributed by atoms with van der Waals surface area (Å²) in [6, 6.07) is 0.431. The lowest BCUT2D eigenvalue weighted by Gasteiger charge is -2.37. The maximum absolute atomic E-state index is 9.63. The van der Waals surface area contributed by atoms with Crippen molar-refractivity contribution >= 4 is 0 Å². The van der Waals surface area contributed by atoms with Crippen molar-refractivity contribution in [3.8, 4) is 0 Å². The van der Waals surface area contributed by atoms with E-state index in [9.17, 15) is 5.11 Å². The first kappa shape index (κ1) is 12.9. The van der Waals surface area contributed by atoms with Gasteiger partial charge >= 0.3 is 0 Å². The van der Waals surface area contributed by atoms with E-state index in [-0.39, 0.29) is 12.1 Å². The van der Waals surface area contributed by atoms with Gasteiger partial charge in [-0.2, -0.15) is 0 Å². The molecule has 0 amide bonds. The smallest absolute Gasteiger partial charge is 0.0616 e. The fourth-order valence-electron chi connectivity index (χ4n) is 2.84. The van der Waals surface area contributed by atoms with E-state index in [2.05, 4.69) is 19.2 Å². The molecule has 90 valence electrons. The maximum atomic E-state index is 9.63. The van der Waals surface area contributed by atoms with Crippen LogP contribution in [0.4, 0.5) is 0 Å². The Morgan fingerprint density at radius 1 is 1.53 bits per heavy atom. The first-order chi connectivity index (χ1) is 7.14. The highest BCUT2D eigenvalue weighted by atomic mass is 16.5. The Hall–Kier alpha value is -0.120. The van der Waals surface area contributed by atoms with Gasteiger partial charge in [-0.1, -0.05) is 20.3 Å². The van der Waals surface area contributed by atoms with Crippen LogP contribution >= 0.6 is 0 Å². The first-order valence-corrected chi connectivity index (χ1v) is 6.02. The van der Waals surface area contributed by atoms with Crippen molar-refractivity contribution < 1.29 is 9.84 Å². The lowest BCUT2D eigenvalue weighted by molar-refractivity contribution is 0.0902. The molecule has 3 heteroatoms. The van der Waals surface area contributed by atoms with Crippen LogP contribution in [-0.2, 0) is 4.74 Å². The molecule has 0 aliphatic heterocycles. The van der Waals surface area contributed by atoms with Crippen molar-refractivity contribution in [1.82, 2.24) is 5.32 Å². The Bertz CT molecular complexity index is 184. The molecular formula is C12H25NO2. The Balaban J connectivity index is 2.59. The molecule has 1 fully saturated rings. The van der Waals surface area contributed by atoms with Gasteiger partial charge in [0.2, 0.25) is 0 Å². The number of rotatable bonds is 6. The molecule has 1 rings (SSSR count). The van der Waals surface area contributed by atoms with Gasteiger partial charge in [0.15, 0.2) is 0 Å². The zero-order chi connectivity index (χ0) is 11.3. The molecule has 0 bridgehead atoms. The summed E-state index contributed by atoms with van der Waals surface area (Å²) in [7, 11) is 1.74. The van der Waals surface area contributed by atoms with Gasteiger partial charge in [-0.25, -0.2) is 0 Å². The molecule has 0 aromatic rings. The average Bonchev–Trinajstić information content (AvgIpc) is 2.58. The molecule has 1 saturated carbocycles. The summed E-state index contributed by atoms with van der Waals surface area (Å²) in [5, 5.41) is 13.2. The topological polar surface area (TPSA) is 41.5 Å². The zero-order valence-electron chi connectivity index (χ0n) is 10.3. The van der Waals surface area contributed by atoms with E-state index in [1.54, 1.807) is 7.11 Å². The normalized spacial score (nSPS) is 31.4. The molecule has 0 aromatic carbocycles. The number of ether oxygens (including phenoxy) is 1. The van der Waals surface area contributed by atoms with E-state index in [0.29, 0.717) is 12.0 Å². The summed E-state index contributed by atoms with van der Waals surface area (Å²) in [6.45, 7) is 5.33. The highest BCUT2D eigenvalue weighted by Gasteiger charge is 2.41. The average molecular weight is 215 g/mol. The number of nitrogens with one attached hydrogen (secondary N) is 1. The van der Waals surface area contributed by atoms with E-state index >= 15 is 0 Å². The van der Waals surface area contributed by atoms with Gasteiger partial charge in [0.25, 0.3) is 0 Å². The van der Waals surface area contributed by atoms with Gasteiger partial charge < -0.3 is 15.2 Å². The maximum Gasteiger partial charge on any atom is 0.0616 e. The fourth-order valence-corrected chi connectivity index (χ4v) is 2.84. The Morgan fingerprint density at radius 2 is 2.27 bits per heavy atom. The summed E-state index contributed by atoms with van der Waals surface area (Å²) >= 11 is 0. The molecule has 0 heterocycles. The van der Waals surface area contributed by atoms with Crippen LogP contribution in [-0.4, -0.2) is 37.0 Å². The number of aliphatic hydroxyl groups excluding tert-OH is 1. The van der Waals surface area contributed by atoms with Gasteiger partial charge in [0, 0.05) is 25.3 Å².